The lowest BCUT2D eigenvalue weighted by Crippen LogP contribution is -2.46. The van der Waals surface area contributed by atoms with Gasteiger partial charge in [-0.25, -0.2) is 0 Å². The van der Waals surface area contributed by atoms with Crippen LogP contribution in [0.15, 0.2) is 0 Å². The largest absolute Gasteiger partial charge is 0.394 e. The first-order valence-corrected chi connectivity index (χ1v) is 7.12. The van der Waals surface area contributed by atoms with Gasteiger partial charge >= 0.3 is 0 Å². The van der Waals surface area contributed by atoms with Gasteiger partial charge in [-0.15, -0.1) is 0 Å². The van der Waals surface area contributed by atoms with Crippen molar-refractivity contribution >= 4 is 0 Å². The molecule has 0 fully saturated rings. The first kappa shape index (κ1) is 17.8. The molecule has 0 spiro atoms. The zero-order chi connectivity index (χ0) is 14.0. The predicted molar refractivity (Wildman–Crippen MR) is 79.1 cm³/mol. The van der Waals surface area contributed by atoms with Crippen molar-refractivity contribution < 1.29 is 5.11 Å². The van der Waals surface area contributed by atoms with E-state index >= 15 is 0 Å². The Morgan fingerprint density at radius 2 is 1.78 bits per heavy atom. The maximum absolute atomic E-state index is 9.47. The number of aliphatic hydroxyl groups is 1. The summed E-state index contributed by atoms with van der Waals surface area (Å²) < 4.78 is 0. The molecule has 0 saturated carbocycles. The summed E-state index contributed by atoms with van der Waals surface area (Å²) in [6.07, 6.45) is 3.26. The van der Waals surface area contributed by atoms with Crippen LogP contribution in [-0.4, -0.2) is 74.4 Å². The molecule has 0 aliphatic rings. The van der Waals surface area contributed by atoms with Crippen molar-refractivity contribution in [2.24, 2.45) is 0 Å². The Hall–Kier alpha value is -0.160. The molecule has 0 aromatic heterocycles. The van der Waals surface area contributed by atoms with Crippen molar-refractivity contribution in [3.63, 3.8) is 0 Å². The highest BCUT2D eigenvalue weighted by molar-refractivity contribution is 4.82. The fourth-order valence-electron chi connectivity index (χ4n) is 1.87. The normalized spacial score (nSPS) is 15.3. The van der Waals surface area contributed by atoms with Crippen LogP contribution in [0.4, 0.5) is 0 Å². The molecule has 110 valence electrons. The van der Waals surface area contributed by atoms with Crippen LogP contribution < -0.4 is 5.32 Å². The molecule has 0 aromatic carbocycles. The third-order valence-electron chi connectivity index (χ3n) is 3.35. The van der Waals surface area contributed by atoms with Crippen LogP contribution in [-0.2, 0) is 0 Å². The highest BCUT2D eigenvalue weighted by atomic mass is 16.3. The van der Waals surface area contributed by atoms with E-state index in [-0.39, 0.29) is 12.1 Å². The lowest BCUT2D eigenvalue weighted by atomic mass is 9.96. The highest BCUT2D eigenvalue weighted by Crippen LogP contribution is 2.12. The molecule has 0 aliphatic carbocycles. The second-order valence-electron chi connectivity index (χ2n) is 5.86. The number of hydrogen-bond acceptors (Lipinski definition) is 4. The molecule has 0 aromatic rings. The van der Waals surface area contributed by atoms with Gasteiger partial charge in [-0.3, -0.25) is 0 Å². The Morgan fingerprint density at radius 3 is 2.28 bits per heavy atom. The van der Waals surface area contributed by atoms with E-state index < -0.39 is 0 Å². The fraction of sp³-hybridized carbons (Fsp3) is 1.00. The van der Waals surface area contributed by atoms with Gasteiger partial charge in [0.2, 0.25) is 0 Å². The van der Waals surface area contributed by atoms with Crippen LogP contribution in [0, 0.1) is 0 Å². The third-order valence-corrected chi connectivity index (χ3v) is 3.35. The zero-order valence-electron chi connectivity index (χ0n) is 13.0. The number of nitrogens with zero attached hydrogens (tertiary/aromatic N) is 2. The summed E-state index contributed by atoms with van der Waals surface area (Å²) in [5, 5.41) is 12.9. The summed E-state index contributed by atoms with van der Waals surface area (Å²) in [5.41, 5.74) is -0.113. The standard InChI is InChI=1S/C14H33N3O/c1-6-9-15-14(2,13-18)8-7-10-17(5)12-11-16(3)4/h15,18H,6-13H2,1-5H3. The number of aliphatic hydroxyl groups excluding tert-OH is 1. The molecule has 0 saturated heterocycles. The maximum atomic E-state index is 9.47. The van der Waals surface area contributed by atoms with Crippen molar-refractivity contribution in [3.8, 4) is 0 Å². The van der Waals surface area contributed by atoms with Gasteiger partial charge in [-0.2, -0.15) is 0 Å². The van der Waals surface area contributed by atoms with Crippen LogP contribution in [0.25, 0.3) is 0 Å². The van der Waals surface area contributed by atoms with Crippen molar-refractivity contribution in [3.05, 3.63) is 0 Å². The van der Waals surface area contributed by atoms with Gasteiger partial charge in [-0.05, 0) is 60.4 Å². The summed E-state index contributed by atoms with van der Waals surface area (Å²) in [6, 6.07) is 0. The topological polar surface area (TPSA) is 38.7 Å². The first-order valence-electron chi connectivity index (χ1n) is 7.12. The van der Waals surface area contributed by atoms with Crippen LogP contribution in [0.2, 0.25) is 0 Å². The van der Waals surface area contributed by atoms with Gasteiger partial charge in [0.05, 0.1) is 6.61 Å². The molecular formula is C14H33N3O. The van der Waals surface area contributed by atoms with E-state index in [4.69, 9.17) is 0 Å². The van der Waals surface area contributed by atoms with Crippen LogP contribution in [0.5, 0.6) is 0 Å². The van der Waals surface area contributed by atoms with E-state index in [0.29, 0.717) is 0 Å². The minimum atomic E-state index is -0.113. The highest BCUT2D eigenvalue weighted by Gasteiger charge is 2.21. The van der Waals surface area contributed by atoms with E-state index in [1.807, 2.05) is 0 Å². The molecule has 1 atom stereocenters. The second kappa shape index (κ2) is 9.73. The number of hydrogen-bond donors (Lipinski definition) is 2. The van der Waals surface area contributed by atoms with Crippen molar-refractivity contribution in [2.75, 3.05) is 53.9 Å². The average Bonchev–Trinajstić information content (AvgIpc) is 2.34. The van der Waals surface area contributed by atoms with E-state index in [1.54, 1.807) is 0 Å². The predicted octanol–water partition coefficient (Wildman–Crippen LogP) is 1.01. The molecule has 1 unspecified atom stereocenters. The minimum Gasteiger partial charge on any atom is -0.394 e. The molecule has 0 heterocycles. The van der Waals surface area contributed by atoms with Gasteiger partial charge in [-0.1, -0.05) is 6.92 Å². The molecule has 0 aliphatic heterocycles. The Morgan fingerprint density at radius 1 is 1.11 bits per heavy atom. The molecule has 0 radical (unpaired) electrons. The van der Waals surface area contributed by atoms with Crippen molar-refractivity contribution in [1.29, 1.82) is 0 Å². The number of nitrogens with one attached hydrogen (secondary N) is 1. The van der Waals surface area contributed by atoms with Gasteiger partial charge in [0.15, 0.2) is 0 Å². The Kier molecular flexibility index (Phi) is 9.64. The summed E-state index contributed by atoms with van der Waals surface area (Å²) in [4.78, 5) is 4.56. The van der Waals surface area contributed by atoms with Crippen LogP contribution >= 0.6 is 0 Å². The molecule has 4 nitrogen and oxygen atoms in total. The SMILES string of the molecule is CCCNC(C)(CO)CCCN(C)CCN(C)C. The fourth-order valence-corrected chi connectivity index (χ4v) is 1.87. The molecule has 18 heavy (non-hydrogen) atoms. The summed E-state index contributed by atoms with van der Waals surface area (Å²) in [7, 11) is 6.37. The van der Waals surface area contributed by atoms with Gasteiger partial charge in [0, 0.05) is 18.6 Å². The quantitative estimate of drug-likeness (QED) is 0.581. The summed E-state index contributed by atoms with van der Waals surface area (Å²) in [6.45, 7) is 8.76. The van der Waals surface area contributed by atoms with Crippen molar-refractivity contribution in [2.45, 2.75) is 38.6 Å². The van der Waals surface area contributed by atoms with E-state index in [9.17, 15) is 5.11 Å². The molecule has 4 heteroatoms. The Bertz CT molecular complexity index is 199. The monoisotopic (exact) mass is 259 g/mol. The smallest absolute Gasteiger partial charge is 0.0610 e. The molecule has 0 rings (SSSR count). The van der Waals surface area contributed by atoms with Crippen LogP contribution in [0.3, 0.4) is 0 Å². The maximum Gasteiger partial charge on any atom is 0.0610 e. The minimum absolute atomic E-state index is 0.113. The third kappa shape index (κ3) is 8.86. The molecule has 2 N–H and O–H groups in total. The zero-order valence-corrected chi connectivity index (χ0v) is 13.0. The number of likely N-dealkylation sites (N-methyl/N-ethyl adjacent to an activating group) is 2. The first-order chi connectivity index (χ1) is 8.43. The summed E-state index contributed by atoms with van der Waals surface area (Å²) in [5.74, 6) is 0. The molecule has 0 bridgehead atoms. The second-order valence-corrected chi connectivity index (χ2v) is 5.86. The number of rotatable bonds is 11. The van der Waals surface area contributed by atoms with Crippen molar-refractivity contribution in [1.82, 2.24) is 15.1 Å². The lowest BCUT2D eigenvalue weighted by Gasteiger charge is -2.30. The Labute approximate surface area is 113 Å². The summed E-state index contributed by atoms with van der Waals surface area (Å²) >= 11 is 0. The van der Waals surface area contributed by atoms with Gasteiger partial charge < -0.3 is 20.2 Å². The van der Waals surface area contributed by atoms with E-state index in [0.717, 1.165) is 45.4 Å². The average molecular weight is 259 g/mol. The van der Waals surface area contributed by atoms with E-state index in [1.165, 1.54) is 0 Å². The van der Waals surface area contributed by atoms with E-state index in [2.05, 4.69) is 50.1 Å². The van der Waals surface area contributed by atoms with Gasteiger partial charge in [0.1, 0.15) is 0 Å². The van der Waals surface area contributed by atoms with Gasteiger partial charge in [0.25, 0.3) is 0 Å². The molecule has 0 amide bonds. The molecular weight excluding hydrogens is 226 g/mol. The Balaban J connectivity index is 3.78. The lowest BCUT2D eigenvalue weighted by molar-refractivity contribution is 0.158. The van der Waals surface area contributed by atoms with Crippen LogP contribution in [0.1, 0.15) is 33.1 Å².